The van der Waals surface area contributed by atoms with Crippen molar-refractivity contribution in [1.29, 1.82) is 0 Å². The Bertz CT molecular complexity index is 410. The maximum absolute atomic E-state index is 11.6. The van der Waals surface area contributed by atoms with Crippen molar-refractivity contribution in [2.75, 3.05) is 14.1 Å². The topological polar surface area (TPSA) is 57.6 Å². The highest BCUT2D eigenvalue weighted by atomic mass is 16.3. The van der Waals surface area contributed by atoms with Gasteiger partial charge in [-0.15, -0.1) is 0 Å². The second-order valence-corrected chi connectivity index (χ2v) is 3.49. The van der Waals surface area contributed by atoms with Gasteiger partial charge < -0.3 is 10.0 Å². The Morgan fingerprint density at radius 3 is 2.33 bits per heavy atom. The molecule has 0 fully saturated rings. The Morgan fingerprint density at radius 1 is 1.27 bits per heavy atom. The number of aromatic hydroxyl groups is 1. The number of nitrogens with zero attached hydrogens (tertiary/aromatic N) is 1. The van der Waals surface area contributed by atoms with Crippen LogP contribution < -0.4 is 0 Å². The molecule has 0 saturated carbocycles. The molecule has 0 aliphatic carbocycles. The molecule has 0 bridgehead atoms. The lowest BCUT2D eigenvalue weighted by Gasteiger charge is -2.11. The number of ketones is 1. The van der Waals surface area contributed by atoms with Gasteiger partial charge in [-0.2, -0.15) is 0 Å². The minimum Gasteiger partial charge on any atom is -0.507 e. The molecule has 0 aromatic heterocycles. The van der Waals surface area contributed by atoms with Crippen LogP contribution >= 0.6 is 0 Å². The van der Waals surface area contributed by atoms with E-state index in [-0.39, 0.29) is 23.0 Å². The molecule has 0 atom stereocenters. The smallest absolute Gasteiger partial charge is 0.257 e. The number of hydrogen-bond donors (Lipinski definition) is 1. The lowest BCUT2D eigenvalue weighted by molar-refractivity contribution is 0.0824. The summed E-state index contributed by atoms with van der Waals surface area (Å²) in [5.74, 6) is -0.572. The fraction of sp³-hybridized carbons (Fsp3) is 0.273. The average molecular weight is 207 g/mol. The van der Waals surface area contributed by atoms with Gasteiger partial charge in [0.2, 0.25) is 0 Å². The fourth-order valence-corrected chi connectivity index (χ4v) is 1.17. The number of phenols is 1. The standard InChI is InChI=1S/C11H13NO3/c1-7(13)8-4-5-10(14)9(6-8)11(15)12(2)3/h4-6,14H,1-3H3. The highest BCUT2D eigenvalue weighted by Gasteiger charge is 2.14. The predicted octanol–water partition coefficient (Wildman–Crippen LogP) is 1.30. The van der Waals surface area contributed by atoms with Gasteiger partial charge in [-0.05, 0) is 25.1 Å². The summed E-state index contributed by atoms with van der Waals surface area (Å²) in [4.78, 5) is 24.0. The van der Waals surface area contributed by atoms with Crippen LogP contribution in [0.4, 0.5) is 0 Å². The minimum absolute atomic E-state index is 0.112. The van der Waals surface area contributed by atoms with Crippen LogP contribution in [-0.2, 0) is 0 Å². The van der Waals surface area contributed by atoms with Crippen LogP contribution in [0.5, 0.6) is 5.75 Å². The van der Waals surface area contributed by atoms with Crippen molar-refractivity contribution in [3.05, 3.63) is 29.3 Å². The third-order valence-electron chi connectivity index (χ3n) is 2.04. The van der Waals surface area contributed by atoms with Crippen molar-refractivity contribution in [1.82, 2.24) is 4.90 Å². The van der Waals surface area contributed by atoms with Crippen LogP contribution in [0.1, 0.15) is 27.6 Å². The molecular formula is C11H13NO3. The molecular weight excluding hydrogens is 194 g/mol. The Balaban J connectivity index is 3.22. The largest absolute Gasteiger partial charge is 0.507 e. The lowest BCUT2D eigenvalue weighted by atomic mass is 10.1. The number of carbonyl (C=O) groups excluding carboxylic acids is 2. The Hall–Kier alpha value is -1.84. The van der Waals surface area contributed by atoms with Gasteiger partial charge in [0.05, 0.1) is 5.56 Å². The molecule has 4 nitrogen and oxygen atoms in total. The highest BCUT2D eigenvalue weighted by Crippen LogP contribution is 2.19. The second-order valence-electron chi connectivity index (χ2n) is 3.49. The van der Waals surface area contributed by atoms with Crippen LogP contribution in [0.2, 0.25) is 0 Å². The first-order valence-electron chi connectivity index (χ1n) is 4.49. The summed E-state index contributed by atoms with van der Waals surface area (Å²) in [6, 6.07) is 4.25. The van der Waals surface area contributed by atoms with Gasteiger partial charge in [-0.3, -0.25) is 9.59 Å². The average Bonchev–Trinajstić information content (AvgIpc) is 2.16. The van der Waals surface area contributed by atoms with Crippen molar-refractivity contribution in [2.45, 2.75) is 6.92 Å². The molecule has 0 spiro atoms. The molecule has 4 heteroatoms. The molecule has 0 aliphatic rings. The zero-order chi connectivity index (χ0) is 11.6. The number of benzene rings is 1. The van der Waals surface area contributed by atoms with Gasteiger partial charge in [0.25, 0.3) is 5.91 Å². The summed E-state index contributed by atoms with van der Waals surface area (Å²) in [6.45, 7) is 1.41. The van der Waals surface area contributed by atoms with Crippen LogP contribution in [0, 0.1) is 0 Å². The molecule has 1 rings (SSSR count). The summed E-state index contributed by atoms with van der Waals surface area (Å²) in [6.07, 6.45) is 0. The molecule has 80 valence electrons. The van der Waals surface area contributed by atoms with E-state index in [0.717, 1.165) is 0 Å². The number of rotatable bonds is 2. The maximum Gasteiger partial charge on any atom is 0.257 e. The van der Waals surface area contributed by atoms with Gasteiger partial charge >= 0.3 is 0 Å². The van der Waals surface area contributed by atoms with E-state index >= 15 is 0 Å². The molecule has 0 aliphatic heterocycles. The fourth-order valence-electron chi connectivity index (χ4n) is 1.17. The highest BCUT2D eigenvalue weighted by molar-refractivity contribution is 6.01. The minimum atomic E-state index is -0.324. The molecule has 0 unspecified atom stereocenters. The number of amides is 1. The zero-order valence-corrected chi connectivity index (χ0v) is 8.94. The number of carbonyl (C=O) groups is 2. The normalized spacial score (nSPS) is 9.80. The summed E-state index contributed by atoms with van der Waals surface area (Å²) in [5.41, 5.74) is 0.561. The van der Waals surface area contributed by atoms with Crippen molar-refractivity contribution < 1.29 is 14.7 Å². The first kappa shape index (κ1) is 11.2. The number of phenolic OH excluding ortho intramolecular Hbond substituents is 1. The molecule has 0 radical (unpaired) electrons. The first-order chi connectivity index (χ1) is 6.93. The van der Waals surface area contributed by atoms with Crippen molar-refractivity contribution in [3.63, 3.8) is 0 Å². The van der Waals surface area contributed by atoms with Gasteiger partial charge in [0.15, 0.2) is 5.78 Å². The van der Waals surface area contributed by atoms with Gasteiger partial charge in [0.1, 0.15) is 5.75 Å². The Morgan fingerprint density at radius 2 is 1.87 bits per heavy atom. The van der Waals surface area contributed by atoms with Gasteiger partial charge in [-0.1, -0.05) is 0 Å². The summed E-state index contributed by atoms with van der Waals surface area (Å²) in [7, 11) is 3.17. The van der Waals surface area contributed by atoms with Crippen LogP contribution in [0.3, 0.4) is 0 Å². The van der Waals surface area contributed by atoms with E-state index < -0.39 is 0 Å². The van der Waals surface area contributed by atoms with Crippen molar-refractivity contribution in [3.8, 4) is 5.75 Å². The van der Waals surface area contributed by atoms with E-state index in [1.165, 1.54) is 30.0 Å². The lowest BCUT2D eigenvalue weighted by Crippen LogP contribution is -2.22. The number of Topliss-reactive ketones (excluding diaryl/α,β-unsaturated/α-hetero) is 1. The van der Waals surface area contributed by atoms with Crippen LogP contribution in [-0.4, -0.2) is 35.8 Å². The van der Waals surface area contributed by atoms with Crippen molar-refractivity contribution in [2.24, 2.45) is 0 Å². The molecule has 1 aromatic rings. The van der Waals surface area contributed by atoms with E-state index in [2.05, 4.69) is 0 Å². The summed E-state index contributed by atoms with van der Waals surface area (Å²) < 4.78 is 0. The summed E-state index contributed by atoms with van der Waals surface area (Å²) >= 11 is 0. The number of hydrogen-bond acceptors (Lipinski definition) is 3. The molecule has 15 heavy (non-hydrogen) atoms. The predicted molar refractivity (Wildman–Crippen MR) is 56.1 cm³/mol. The summed E-state index contributed by atoms with van der Waals surface area (Å²) in [5, 5.41) is 9.48. The quantitative estimate of drug-likeness (QED) is 0.743. The SMILES string of the molecule is CC(=O)c1ccc(O)c(C(=O)N(C)C)c1. The Kier molecular flexibility index (Phi) is 3.09. The van der Waals surface area contributed by atoms with Crippen LogP contribution in [0.15, 0.2) is 18.2 Å². The van der Waals surface area contributed by atoms with E-state index in [4.69, 9.17) is 0 Å². The van der Waals surface area contributed by atoms with E-state index in [9.17, 15) is 14.7 Å². The first-order valence-corrected chi connectivity index (χ1v) is 4.49. The molecule has 1 aromatic carbocycles. The van der Waals surface area contributed by atoms with E-state index in [0.29, 0.717) is 5.56 Å². The van der Waals surface area contributed by atoms with Gasteiger partial charge in [-0.25, -0.2) is 0 Å². The molecule has 0 heterocycles. The van der Waals surface area contributed by atoms with E-state index in [1.54, 1.807) is 14.1 Å². The monoisotopic (exact) mass is 207 g/mol. The molecule has 1 N–H and O–H groups in total. The maximum atomic E-state index is 11.6. The zero-order valence-electron chi connectivity index (χ0n) is 8.94. The Labute approximate surface area is 88.1 Å². The molecule has 1 amide bonds. The second kappa shape index (κ2) is 4.13. The molecule has 0 saturated heterocycles. The van der Waals surface area contributed by atoms with Crippen molar-refractivity contribution >= 4 is 11.7 Å². The third-order valence-corrected chi connectivity index (χ3v) is 2.04. The van der Waals surface area contributed by atoms with Crippen LogP contribution in [0.25, 0.3) is 0 Å². The van der Waals surface area contributed by atoms with E-state index in [1.807, 2.05) is 0 Å². The van der Waals surface area contributed by atoms with Gasteiger partial charge in [0, 0.05) is 19.7 Å². The third kappa shape index (κ3) is 2.34.